The Morgan fingerprint density at radius 1 is 1.06 bits per heavy atom. The van der Waals surface area contributed by atoms with Crippen LogP contribution in [-0.2, 0) is 4.79 Å². The van der Waals surface area contributed by atoms with E-state index in [1.165, 1.54) is 32.1 Å². The van der Waals surface area contributed by atoms with Gasteiger partial charge in [-0.15, -0.1) is 0 Å². The molecule has 2 nitrogen and oxygen atoms in total. The van der Waals surface area contributed by atoms with Gasteiger partial charge in [-0.25, -0.2) is 0 Å². The van der Waals surface area contributed by atoms with Gasteiger partial charge in [0.25, 0.3) is 0 Å². The Morgan fingerprint density at radius 3 is 2.38 bits per heavy atom. The van der Waals surface area contributed by atoms with E-state index in [4.69, 9.17) is 0 Å². The van der Waals surface area contributed by atoms with E-state index >= 15 is 0 Å². The molecule has 0 aromatic carbocycles. The molecule has 1 saturated heterocycles. The minimum atomic E-state index is 0.372. The Kier molecular flexibility index (Phi) is 7.48. The molecule has 1 aliphatic rings. The van der Waals surface area contributed by atoms with Gasteiger partial charge in [-0.2, -0.15) is 0 Å². The van der Waals surface area contributed by atoms with Gasteiger partial charge in [-0.1, -0.05) is 39.0 Å². The molecule has 94 valence electrons. The van der Waals surface area contributed by atoms with E-state index in [0.29, 0.717) is 11.7 Å². The fourth-order valence-electron chi connectivity index (χ4n) is 2.43. The topological polar surface area (TPSA) is 29.1 Å². The second-order valence-corrected chi connectivity index (χ2v) is 5.01. The summed E-state index contributed by atoms with van der Waals surface area (Å²) < 4.78 is 0. The summed E-state index contributed by atoms with van der Waals surface area (Å²) in [5.41, 5.74) is 0. The summed E-state index contributed by atoms with van der Waals surface area (Å²) in [4.78, 5) is 11.9. The monoisotopic (exact) mass is 225 g/mol. The quantitative estimate of drug-likeness (QED) is 0.642. The van der Waals surface area contributed by atoms with Crippen molar-refractivity contribution in [3.63, 3.8) is 0 Å². The van der Waals surface area contributed by atoms with Crippen LogP contribution in [0.25, 0.3) is 0 Å². The third-order valence-electron chi connectivity index (χ3n) is 3.57. The van der Waals surface area contributed by atoms with Gasteiger partial charge < -0.3 is 5.32 Å². The van der Waals surface area contributed by atoms with Crippen LogP contribution in [0, 0.1) is 5.92 Å². The van der Waals surface area contributed by atoms with Crippen LogP contribution in [0.15, 0.2) is 0 Å². The van der Waals surface area contributed by atoms with Crippen LogP contribution < -0.4 is 5.32 Å². The minimum absolute atomic E-state index is 0.372. The molecule has 1 N–H and O–H groups in total. The smallest absolute Gasteiger partial charge is 0.136 e. The zero-order valence-corrected chi connectivity index (χ0v) is 10.8. The molecule has 0 atom stereocenters. The molecule has 0 aromatic heterocycles. The fourth-order valence-corrected chi connectivity index (χ4v) is 2.43. The van der Waals surface area contributed by atoms with Crippen molar-refractivity contribution < 1.29 is 4.79 Å². The van der Waals surface area contributed by atoms with Crippen molar-refractivity contribution in [3.8, 4) is 0 Å². The SMILES string of the molecule is CCCCCCCCC(=O)C1CCNCC1. The van der Waals surface area contributed by atoms with Crippen molar-refractivity contribution >= 4 is 5.78 Å². The molecule has 0 aliphatic carbocycles. The van der Waals surface area contributed by atoms with E-state index in [2.05, 4.69) is 12.2 Å². The highest BCUT2D eigenvalue weighted by molar-refractivity contribution is 5.81. The van der Waals surface area contributed by atoms with Gasteiger partial charge in [-0.05, 0) is 32.4 Å². The van der Waals surface area contributed by atoms with Gasteiger partial charge in [0.05, 0.1) is 0 Å². The lowest BCUT2D eigenvalue weighted by atomic mass is 9.90. The first-order valence-corrected chi connectivity index (χ1v) is 7.08. The highest BCUT2D eigenvalue weighted by Crippen LogP contribution is 2.17. The first-order valence-electron chi connectivity index (χ1n) is 7.08. The van der Waals surface area contributed by atoms with Crippen LogP contribution in [-0.4, -0.2) is 18.9 Å². The number of rotatable bonds is 8. The van der Waals surface area contributed by atoms with E-state index in [0.717, 1.165) is 38.8 Å². The summed E-state index contributed by atoms with van der Waals surface area (Å²) >= 11 is 0. The van der Waals surface area contributed by atoms with Crippen molar-refractivity contribution in [1.29, 1.82) is 0 Å². The van der Waals surface area contributed by atoms with E-state index < -0.39 is 0 Å². The van der Waals surface area contributed by atoms with Crippen LogP contribution in [0.5, 0.6) is 0 Å². The van der Waals surface area contributed by atoms with Gasteiger partial charge in [0.1, 0.15) is 5.78 Å². The number of Topliss-reactive ketones (excluding diaryl/α,β-unsaturated/α-hetero) is 1. The van der Waals surface area contributed by atoms with Crippen molar-refractivity contribution in [2.24, 2.45) is 5.92 Å². The number of hydrogen-bond acceptors (Lipinski definition) is 2. The Morgan fingerprint density at radius 2 is 1.69 bits per heavy atom. The molecule has 0 spiro atoms. The van der Waals surface area contributed by atoms with Crippen LogP contribution in [0.1, 0.15) is 64.7 Å². The highest BCUT2D eigenvalue weighted by atomic mass is 16.1. The number of carbonyl (C=O) groups is 1. The van der Waals surface area contributed by atoms with E-state index in [1.54, 1.807) is 0 Å². The highest BCUT2D eigenvalue weighted by Gasteiger charge is 2.19. The van der Waals surface area contributed by atoms with Crippen molar-refractivity contribution in [3.05, 3.63) is 0 Å². The summed E-state index contributed by atoms with van der Waals surface area (Å²) in [7, 11) is 0. The average Bonchev–Trinajstić information content (AvgIpc) is 2.34. The van der Waals surface area contributed by atoms with Crippen LogP contribution in [0.4, 0.5) is 0 Å². The zero-order valence-electron chi connectivity index (χ0n) is 10.8. The lowest BCUT2D eigenvalue weighted by molar-refractivity contribution is -0.123. The van der Waals surface area contributed by atoms with Gasteiger partial charge in [0.2, 0.25) is 0 Å². The Balaban J connectivity index is 1.97. The lowest BCUT2D eigenvalue weighted by Crippen LogP contribution is -2.31. The van der Waals surface area contributed by atoms with Crippen molar-refractivity contribution in [1.82, 2.24) is 5.32 Å². The maximum Gasteiger partial charge on any atom is 0.136 e. The largest absolute Gasteiger partial charge is 0.317 e. The molecule has 0 amide bonds. The number of carbonyl (C=O) groups excluding carboxylic acids is 1. The number of nitrogens with one attached hydrogen (secondary N) is 1. The summed E-state index contributed by atoms with van der Waals surface area (Å²) in [5, 5.41) is 3.31. The number of unbranched alkanes of at least 4 members (excludes halogenated alkanes) is 5. The molecule has 1 rings (SSSR count). The first kappa shape index (κ1) is 13.7. The average molecular weight is 225 g/mol. The molecule has 1 aliphatic heterocycles. The summed E-state index contributed by atoms with van der Waals surface area (Å²) in [6.45, 7) is 4.31. The van der Waals surface area contributed by atoms with Gasteiger partial charge in [0, 0.05) is 12.3 Å². The molecule has 0 aromatic rings. The molecular formula is C14H27NO. The van der Waals surface area contributed by atoms with Gasteiger partial charge in [-0.3, -0.25) is 4.79 Å². The Bertz CT molecular complexity index is 185. The first-order chi connectivity index (χ1) is 7.84. The molecular weight excluding hydrogens is 198 g/mol. The molecule has 0 radical (unpaired) electrons. The standard InChI is InChI=1S/C14H27NO/c1-2-3-4-5-6-7-8-14(16)13-9-11-15-12-10-13/h13,15H,2-12H2,1H3. The third kappa shape index (κ3) is 5.64. The molecule has 0 bridgehead atoms. The number of hydrogen-bond donors (Lipinski definition) is 1. The fraction of sp³-hybridized carbons (Fsp3) is 0.929. The summed E-state index contributed by atoms with van der Waals surface area (Å²) in [6, 6.07) is 0. The normalized spacial score (nSPS) is 17.6. The minimum Gasteiger partial charge on any atom is -0.317 e. The molecule has 1 heterocycles. The van der Waals surface area contributed by atoms with Crippen molar-refractivity contribution in [2.75, 3.05) is 13.1 Å². The Hall–Kier alpha value is -0.370. The third-order valence-corrected chi connectivity index (χ3v) is 3.57. The predicted molar refractivity (Wildman–Crippen MR) is 68.6 cm³/mol. The Labute approximate surface area is 100 Å². The molecule has 0 unspecified atom stereocenters. The summed E-state index contributed by atoms with van der Waals surface area (Å²) in [6.07, 6.45) is 10.6. The zero-order chi connectivity index (χ0) is 11.6. The summed E-state index contributed by atoms with van der Waals surface area (Å²) in [5.74, 6) is 0.897. The van der Waals surface area contributed by atoms with Gasteiger partial charge >= 0.3 is 0 Å². The second-order valence-electron chi connectivity index (χ2n) is 5.01. The molecule has 1 fully saturated rings. The van der Waals surface area contributed by atoms with Crippen LogP contribution in [0.2, 0.25) is 0 Å². The van der Waals surface area contributed by atoms with Crippen molar-refractivity contribution in [2.45, 2.75) is 64.7 Å². The van der Waals surface area contributed by atoms with Crippen LogP contribution >= 0.6 is 0 Å². The second kappa shape index (κ2) is 8.74. The maximum absolute atomic E-state index is 11.9. The van der Waals surface area contributed by atoms with E-state index in [9.17, 15) is 4.79 Å². The number of piperidine rings is 1. The molecule has 2 heteroatoms. The molecule has 16 heavy (non-hydrogen) atoms. The van der Waals surface area contributed by atoms with Gasteiger partial charge in [0.15, 0.2) is 0 Å². The molecule has 0 saturated carbocycles. The van der Waals surface area contributed by atoms with E-state index in [1.807, 2.05) is 0 Å². The lowest BCUT2D eigenvalue weighted by Gasteiger charge is -2.21. The van der Waals surface area contributed by atoms with Crippen LogP contribution in [0.3, 0.4) is 0 Å². The van der Waals surface area contributed by atoms with E-state index in [-0.39, 0.29) is 0 Å². The maximum atomic E-state index is 11.9. The predicted octanol–water partition coefficient (Wildman–Crippen LogP) is 3.31. The number of ketones is 1.